The van der Waals surface area contributed by atoms with Gasteiger partial charge in [0, 0.05) is 33.8 Å². The molecule has 1 N–H and O–H groups in total. The quantitative estimate of drug-likeness (QED) is 0.190. The Morgan fingerprint density at radius 2 is 1.97 bits per heavy atom. The number of rotatable bonds is 6. The van der Waals surface area contributed by atoms with Crippen LogP contribution in [0.4, 0.5) is 5.69 Å². The first-order valence-corrected chi connectivity index (χ1v) is 11.6. The Hall–Kier alpha value is -3.48. The highest BCUT2D eigenvalue weighted by atomic mass is 79.9. The smallest absolute Gasteiger partial charge is 0.285 e. The van der Waals surface area contributed by atoms with E-state index in [9.17, 15) is 19.7 Å². The van der Waals surface area contributed by atoms with Gasteiger partial charge >= 0.3 is 0 Å². The number of nitro groups is 1. The van der Waals surface area contributed by atoms with Crippen molar-refractivity contribution in [3.05, 3.63) is 85.4 Å². The van der Waals surface area contributed by atoms with Gasteiger partial charge in [-0.15, -0.1) is 0 Å². The number of thiocarbonyl (C=S) groups is 1. The third-order valence-electron chi connectivity index (χ3n) is 4.69. The number of ether oxygens (including phenoxy) is 1. The molecule has 2 amide bonds. The number of furan rings is 1. The number of halogens is 1. The molecule has 0 bridgehead atoms. The van der Waals surface area contributed by atoms with Crippen LogP contribution in [0.5, 0.6) is 5.75 Å². The molecule has 0 saturated carbocycles. The van der Waals surface area contributed by atoms with Crippen LogP contribution in [0.2, 0.25) is 0 Å². The van der Waals surface area contributed by atoms with E-state index in [0.717, 1.165) is 16.8 Å². The van der Waals surface area contributed by atoms with E-state index in [2.05, 4.69) is 21.4 Å². The fourth-order valence-electron chi connectivity index (χ4n) is 2.99. The molecule has 9 nitrogen and oxygen atoms in total. The second kappa shape index (κ2) is 9.79. The van der Waals surface area contributed by atoms with Gasteiger partial charge in [-0.3, -0.25) is 25.1 Å². The van der Waals surface area contributed by atoms with Crippen molar-refractivity contribution in [1.82, 2.24) is 10.4 Å². The summed E-state index contributed by atoms with van der Waals surface area (Å²) in [6.45, 7) is 0. The van der Waals surface area contributed by atoms with E-state index in [1.165, 1.54) is 25.3 Å². The molecule has 172 valence electrons. The molecule has 0 atom stereocenters. The van der Waals surface area contributed by atoms with E-state index < -0.39 is 16.7 Å². The molecule has 12 heteroatoms. The Kier molecular flexibility index (Phi) is 6.82. The normalized spacial score (nSPS) is 14.5. The van der Waals surface area contributed by atoms with Crippen LogP contribution >= 0.6 is 39.9 Å². The number of nitrogens with one attached hydrogen (secondary N) is 1. The van der Waals surface area contributed by atoms with Gasteiger partial charge in [0.25, 0.3) is 17.5 Å². The zero-order valence-electron chi connectivity index (χ0n) is 17.3. The number of carbonyl (C=O) groups excluding carboxylic acids is 2. The molecule has 0 spiro atoms. The van der Waals surface area contributed by atoms with Crippen molar-refractivity contribution in [2.75, 3.05) is 7.11 Å². The molecule has 34 heavy (non-hydrogen) atoms. The molecule has 1 aromatic heterocycles. The van der Waals surface area contributed by atoms with Gasteiger partial charge < -0.3 is 9.15 Å². The number of non-ortho nitro benzene ring substituents is 1. The molecule has 3 aromatic rings. The maximum Gasteiger partial charge on any atom is 0.285 e. The van der Waals surface area contributed by atoms with Crippen LogP contribution in [0.15, 0.2) is 68.4 Å². The van der Waals surface area contributed by atoms with E-state index in [4.69, 9.17) is 21.4 Å². The predicted molar refractivity (Wildman–Crippen MR) is 134 cm³/mol. The van der Waals surface area contributed by atoms with Crippen molar-refractivity contribution in [1.29, 1.82) is 0 Å². The second-order valence-corrected chi connectivity index (χ2v) is 9.34. The van der Waals surface area contributed by atoms with E-state index >= 15 is 0 Å². The highest BCUT2D eigenvalue weighted by Crippen LogP contribution is 2.35. The minimum Gasteiger partial charge on any atom is -0.497 e. The summed E-state index contributed by atoms with van der Waals surface area (Å²) in [5.41, 5.74) is 3.41. The van der Waals surface area contributed by atoms with Crippen molar-refractivity contribution in [2.45, 2.75) is 0 Å². The third kappa shape index (κ3) is 4.88. The van der Waals surface area contributed by atoms with Crippen LogP contribution in [0, 0.1) is 10.1 Å². The SMILES string of the molecule is COc1ccc(C(=O)NN2C(=O)/C(=C\c3ccc(-c4ccc([N+](=O)[O-])cc4Br)o3)SC2=S)cc1. The van der Waals surface area contributed by atoms with Crippen molar-refractivity contribution >= 4 is 67.8 Å². The third-order valence-corrected chi connectivity index (χ3v) is 6.65. The fraction of sp³-hybridized carbons (Fsp3) is 0.0455. The molecule has 1 fully saturated rings. The lowest BCUT2D eigenvalue weighted by Crippen LogP contribution is -2.44. The fourth-order valence-corrected chi connectivity index (χ4v) is 4.72. The minimum atomic E-state index is -0.497. The maximum atomic E-state index is 12.8. The zero-order valence-corrected chi connectivity index (χ0v) is 20.5. The van der Waals surface area contributed by atoms with Gasteiger partial charge in [0.15, 0.2) is 4.32 Å². The number of nitro benzene ring substituents is 1. The van der Waals surface area contributed by atoms with Gasteiger partial charge in [-0.2, -0.15) is 5.01 Å². The number of amides is 2. The number of hydrazine groups is 1. The van der Waals surface area contributed by atoms with E-state index in [0.29, 0.717) is 32.9 Å². The number of benzene rings is 2. The summed E-state index contributed by atoms with van der Waals surface area (Å²) in [5, 5.41) is 11.9. The van der Waals surface area contributed by atoms with Gasteiger partial charge in [-0.05, 0) is 70.6 Å². The van der Waals surface area contributed by atoms with Crippen LogP contribution in [0.3, 0.4) is 0 Å². The van der Waals surface area contributed by atoms with Gasteiger partial charge in [0.1, 0.15) is 17.3 Å². The average Bonchev–Trinajstić information content (AvgIpc) is 3.39. The van der Waals surface area contributed by atoms with Gasteiger partial charge in [-0.1, -0.05) is 11.8 Å². The number of nitrogens with zero attached hydrogens (tertiary/aromatic N) is 2. The minimum absolute atomic E-state index is 0.0530. The van der Waals surface area contributed by atoms with E-state index in [-0.39, 0.29) is 14.9 Å². The maximum absolute atomic E-state index is 12.8. The molecule has 2 aromatic carbocycles. The average molecular weight is 560 g/mol. The molecule has 2 heterocycles. The Labute approximate surface area is 211 Å². The summed E-state index contributed by atoms with van der Waals surface area (Å²) in [4.78, 5) is 36.0. The molecule has 0 radical (unpaired) electrons. The van der Waals surface area contributed by atoms with E-state index in [1.807, 2.05) is 0 Å². The summed E-state index contributed by atoms with van der Waals surface area (Å²) in [7, 11) is 1.52. The molecule has 4 rings (SSSR count). The van der Waals surface area contributed by atoms with Crippen LogP contribution in [-0.4, -0.2) is 33.2 Å². The number of methoxy groups -OCH3 is 1. The van der Waals surface area contributed by atoms with Crippen LogP contribution in [0.1, 0.15) is 16.1 Å². The first-order valence-electron chi connectivity index (χ1n) is 9.54. The molecule has 1 saturated heterocycles. The Balaban J connectivity index is 1.50. The highest BCUT2D eigenvalue weighted by Gasteiger charge is 2.34. The Morgan fingerprint density at radius 1 is 1.24 bits per heavy atom. The van der Waals surface area contributed by atoms with Crippen molar-refractivity contribution in [3.8, 4) is 17.1 Å². The number of thioether (sulfide) groups is 1. The van der Waals surface area contributed by atoms with Crippen molar-refractivity contribution in [2.24, 2.45) is 0 Å². The molecular formula is C22H14BrN3O6S2. The van der Waals surface area contributed by atoms with Gasteiger partial charge in [0.05, 0.1) is 16.9 Å². The lowest BCUT2D eigenvalue weighted by Gasteiger charge is -2.15. The Bertz CT molecular complexity index is 1350. The van der Waals surface area contributed by atoms with Gasteiger partial charge in [-0.25, -0.2) is 0 Å². The Morgan fingerprint density at radius 3 is 2.62 bits per heavy atom. The van der Waals surface area contributed by atoms with Crippen molar-refractivity contribution < 1.29 is 23.7 Å². The highest BCUT2D eigenvalue weighted by molar-refractivity contribution is 9.10. The molecule has 0 unspecified atom stereocenters. The van der Waals surface area contributed by atoms with Crippen LogP contribution in [0.25, 0.3) is 17.4 Å². The lowest BCUT2D eigenvalue weighted by molar-refractivity contribution is -0.384. The number of hydrogen-bond donors (Lipinski definition) is 1. The monoisotopic (exact) mass is 559 g/mol. The van der Waals surface area contributed by atoms with Gasteiger partial charge in [0.2, 0.25) is 0 Å². The first kappa shape index (κ1) is 23.7. The number of carbonyl (C=O) groups is 2. The standard InChI is InChI=1S/C22H14BrN3O6S2/c1-31-14-5-2-12(3-6-14)20(27)24-25-21(28)19(34-22(25)33)11-15-7-9-18(32-15)16-8-4-13(26(29)30)10-17(16)23/h2-11H,1H3,(H,24,27)/b19-11+. The first-order chi connectivity index (χ1) is 16.3. The topological polar surface area (TPSA) is 115 Å². The summed E-state index contributed by atoms with van der Waals surface area (Å²) in [6.07, 6.45) is 1.52. The zero-order chi connectivity index (χ0) is 24.4. The van der Waals surface area contributed by atoms with Crippen LogP contribution in [-0.2, 0) is 4.79 Å². The molecular weight excluding hydrogens is 546 g/mol. The summed E-state index contributed by atoms with van der Waals surface area (Å²) in [6, 6.07) is 14.1. The van der Waals surface area contributed by atoms with Crippen molar-refractivity contribution in [3.63, 3.8) is 0 Å². The van der Waals surface area contributed by atoms with E-state index in [1.54, 1.807) is 42.5 Å². The lowest BCUT2D eigenvalue weighted by atomic mass is 10.1. The second-order valence-electron chi connectivity index (χ2n) is 6.81. The molecule has 1 aliphatic heterocycles. The molecule has 1 aliphatic rings. The summed E-state index contributed by atoms with van der Waals surface area (Å²) < 4.78 is 11.5. The van der Waals surface area contributed by atoms with Crippen LogP contribution < -0.4 is 10.2 Å². The summed E-state index contributed by atoms with van der Waals surface area (Å²) in [5.74, 6) is 0.442. The summed E-state index contributed by atoms with van der Waals surface area (Å²) >= 11 is 9.59. The largest absolute Gasteiger partial charge is 0.497 e. The predicted octanol–water partition coefficient (Wildman–Crippen LogP) is 5.17. The molecule has 0 aliphatic carbocycles. The number of hydrogen-bond acceptors (Lipinski definition) is 8.